The molecule has 0 fully saturated rings. The van der Waals surface area contributed by atoms with Crippen molar-refractivity contribution in [1.29, 1.82) is 0 Å². The molecular formula is C14H14N4O. The number of H-pyrrole nitrogens is 1. The van der Waals surface area contributed by atoms with Crippen molar-refractivity contribution < 1.29 is 4.74 Å². The second kappa shape index (κ2) is 4.28. The number of nitrogen functional groups attached to an aromatic ring is 1. The summed E-state index contributed by atoms with van der Waals surface area (Å²) >= 11 is 0. The maximum atomic E-state index is 5.93. The van der Waals surface area contributed by atoms with Gasteiger partial charge in [-0.15, -0.1) is 0 Å². The summed E-state index contributed by atoms with van der Waals surface area (Å²) in [5.74, 6) is 0.784. The lowest BCUT2D eigenvalue weighted by molar-refractivity contribution is 0.416. The van der Waals surface area contributed by atoms with E-state index >= 15 is 0 Å². The molecule has 0 bridgehead atoms. The smallest absolute Gasteiger partial charge is 0.181 e. The van der Waals surface area contributed by atoms with Crippen LogP contribution in [0.3, 0.4) is 0 Å². The molecule has 0 aliphatic carbocycles. The number of aromatic amines is 1. The van der Waals surface area contributed by atoms with Crippen molar-refractivity contribution in [1.82, 2.24) is 15.2 Å². The molecule has 0 radical (unpaired) electrons. The van der Waals surface area contributed by atoms with E-state index in [9.17, 15) is 0 Å². The summed E-state index contributed by atoms with van der Waals surface area (Å²) in [6.07, 6.45) is 0. The lowest BCUT2D eigenvalue weighted by atomic mass is 10.1. The van der Waals surface area contributed by atoms with Gasteiger partial charge in [-0.1, -0.05) is 12.1 Å². The molecule has 3 aromatic rings. The number of rotatable bonds is 2. The first kappa shape index (κ1) is 11.5. The Kier molecular flexibility index (Phi) is 2.59. The first-order valence-electron chi connectivity index (χ1n) is 5.95. The maximum absolute atomic E-state index is 5.93. The van der Waals surface area contributed by atoms with Gasteiger partial charge in [-0.05, 0) is 25.1 Å². The van der Waals surface area contributed by atoms with Gasteiger partial charge in [-0.3, -0.25) is 5.10 Å². The van der Waals surface area contributed by atoms with Crippen molar-refractivity contribution in [2.45, 2.75) is 6.92 Å². The van der Waals surface area contributed by atoms with Crippen LogP contribution in [0.15, 0.2) is 30.3 Å². The molecule has 2 heterocycles. The van der Waals surface area contributed by atoms with Gasteiger partial charge >= 0.3 is 0 Å². The van der Waals surface area contributed by atoms with Gasteiger partial charge in [0.25, 0.3) is 0 Å². The van der Waals surface area contributed by atoms with Gasteiger partial charge in [-0.2, -0.15) is 5.10 Å². The molecule has 0 spiro atoms. The summed E-state index contributed by atoms with van der Waals surface area (Å²) < 4.78 is 5.37. The van der Waals surface area contributed by atoms with Crippen molar-refractivity contribution in [2.24, 2.45) is 0 Å². The van der Waals surface area contributed by atoms with E-state index in [2.05, 4.69) is 15.2 Å². The van der Waals surface area contributed by atoms with E-state index in [1.165, 1.54) is 0 Å². The first-order chi connectivity index (χ1) is 9.20. The average molecular weight is 254 g/mol. The fourth-order valence-electron chi connectivity index (χ4n) is 2.10. The Morgan fingerprint density at radius 1 is 1.26 bits per heavy atom. The fourth-order valence-corrected chi connectivity index (χ4v) is 2.10. The number of hydrogen-bond acceptors (Lipinski definition) is 4. The van der Waals surface area contributed by atoms with Gasteiger partial charge in [0.15, 0.2) is 5.65 Å². The third-order valence-electron chi connectivity index (χ3n) is 3.15. The molecule has 5 nitrogen and oxygen atoms in total. The predicted molar refractivity (Wildman–Crippen MR) is 75.0 cm³/mol. The molecule has 5 heteroatoms. The van der Waals surface area contributed by atoms with Crippen LogP contribution in [-0.4, -0.2) is 22.3 Å². The highest BCUT2D eigenvalue weighted by atomic mass is 16.5. The zero-order valence-corrected chi connectivity index (χ0v) is 10.8. The monoisotopic (exact) mass is 254 g/mol. The van der Waals surface area contributed by atoms with Crippen LogP contribution < -0.4 is 10.5 Å². The molecule has 0 aliphatic rings. The van der Waals surface area contributed by atoms with Crippen molar-refractivity contribution in [3.05, 3.63) is 36.0 Å². The number of methoxy groups -OCH3 is 1. The summed E-state index contributed by atoms with van der Waals surface area (Å²) in [6.45, 7) is 1.87. The van der Waals surface area contributed by atoms with Crippen LogP contribution in [0.5, 0.6) is 5.75 Å². The number of benzene rings is 1. The largest absolute Gasteiger partial charge is 0.496 e. The van der Waals surface area contributed by atoms with Crippen LogP contribution in [0, 0.1) is 6.92 Å². The lowest BCUT2D eigenvalue weighted by Gasteiger charge is -2.06. The molecule has 0 saturated carbocycles. The van der Waals surface area contributed by atoms with Crippen LogP contribution in [-0.2, 0) is 0 Å². The van der Waals surface area contributed by atoms with Gasteiger partial charge in [0.2, 0.25) is 0 Å². The Hall–Kier alpha value is -2.56. The Balaban J connectivity index is 2.28. The van der Waals surface area contributed by atoms with Crippen LogP contribution in [0.2, 0.25) is 0 Å². The van der Waals surface area contributed by atoms with Crippen LogP contribution >= 0.6 is 0 Å². The second-order valence-electron chi connectivity index (χ2n) is 4.33. The minimum Gasteiger partial charge on any atom is -0.496 e. The van der Waals surface area contributed by atoms with Crippen LogP contribution in [0.4, 0.5) is 5.69 Å². The van der Waals surface area contributed by atoms with Crippen molar-refractivity contribution in [3.8, 4) is 17.0 Å². The highest BCUT2D eigenvalue weighted by molar-refractivity contribution is 5.94. The quantitative estimate of drug-likeness (QED) is 0.736. The maximum Gasteiger partial charge on any atom is 0.181 e. The molecule has 0 unspecified atom stereocenters. The zero-order chi connectivity index (χ0) is 13.4. The van der Waals surface area contributed by atoms with E-state index in [0.717, 1.165) is 28.1 Å². The molecule has 0 aliphatic heterocycles. The minimum absolute atomic E-state index is 0.657. The minimum atomic E-state index is 0.657. The molecule has 2 aromatic heterocycles. The summed E-state index contributed by atoms with van der Waals surface area (Å²) in [6, 6.07) is 9.66. The van der Waals surface area contributed by atoms with E-state index in [1.54, 1.807) is 7.11 Å². The van der Waals surface area contributed by atoms with E-state index in [0.29, 0.717) is 11.3 Å². The number of pyridine rings is 1. The average Bonchev–Trinajstić information content (AvgIpc) is 2.82. The van der Waals surface area contributed by atoms with Gasteiger partial charge < -0.3 is 10.5 Å². The molecule has 96 valence electrons. The number of ether oxygens (including phenoxy) is 1. The Morgan fingerprint density at radius 3 is 2.84 bits per heavy atom. The number of fused-ring (bicyclic) bond motifs is 1. The van der Waals surface area contributed by atoms with Gasteiger partial charge in [0.05, 0.1) is 24.2 Å². The number of para-hydroxylation sites is 1. The Labute approximate surface area is 110 Å². The third kappa shape index (κ3) is 1.79. The standard InChI is InChI=1S/C14H14N4O/c1-8-11(15)7-10-13(17-18-14(10)16-8)9-5-3-4-6-12(9)19-2/h3-7H,15H2,1-2H3,(H,16,17,18). The Morgan fingerprint density at radius 2 is 2.05 bits per heavy atom. The number of aryl methyl sites for hydroxylation is 1. The van der Waals surface area contributed by atoms with E-state index in [4.69, 9.17) is 10.5 Å². The third-order valence-corrected chi connectivity index (χ3v) is 3.15. The summed E-state index contributed by atoms with van der Waals surface area (Å²) in [5.41, 5.74) is 9.84. The number of anilines is 1. The highest BCUT2D eigenvalue weighted by Gasteiger charge is 2.13. The van der Waals surface area contributed by atoms with E-state index in [-0.39, 0.29) is 0 Å². The second-order valence-corrected chi connectivity index (χ2v) is 4.33. The molecule has 0 atom stereocenters. The molecule has 1 aromatic carbocycles. The summed E-state index contributed by atoms with van der Waals surface area (Å²) in [7, 11) is 1.65. The number of nitrogens with two attached hydrogens (primary N) is 1. The molecular weight excluding hydrogens is 240 g/mol. The summed E-state index contributed by atoms with van der Waals surface area (Å²) in [4.78, 5) is 4.37. The first-order valence-corrected chi connectivity index (χ1v) is 5.95. The molecule has 19 heavy (non-hydrogen) atoms. The molecule has 3 rings (SSSR count). The Bertz CT molecular complexity index is 748. The summed E-state index contributed by atoms with van der Waals surface area (Å²) in [5, 5.41) is 8.13. The SMILES string of the molecule is COc1ccccc1-c1[nH]nc2nc(C)c(N)cc12. The lowest BCUT2D eigenvalue weighted by Crippen LogP contribution is -1.93. The number of aromatic nitrogens is 3. The van der Waals surface area contributed by atoms with Crippen molar-refractivity contribution >= 4 is 16.7 Å². The highest BCUT2D eigenvalue weighted by Crippen LogP contribution is 2.33. The topological polar surface area (TPSA) is 76.8 Å². The number of nitrogens with one attached hydrogen (secondary N) is 1. The van der Waals surface area contributed by atoms with Crippen molar-refractivity contribution in [3.63, 3.8) is 0 Å². The normalized spacial score (nSPS) is 10.8. The van der Waals surface area contributed by atoms with Crippen LogP contribution in [0.25, 0.3) is 22.3 Å². The molecule has 0 saturated heterocycles. The predicted octanol–water partition coefficient (Wildman–Crippen LogP) is 2.52. The number of hydrogen-bond donors (Lipinski definition) is 2. The molecule has 0 amide bonds. The van der Waals surface area contributed by atoms with Gasteiger partial charge in [0, 0.05) is 10.9 Å². The van der Waals surface area contributed by atoms with Gasteiger partial charge in [-0.25, -0.2) is 4.98 Å². The van der Waals surface area contributed by atoms with Crippen molar-refractivity contribution in [2.75, 3.05) is 12.8 Å². The van der Waals surface area contributed by atoms with Gasteiger partial charge in [0.1, 0.15) is 5.75 Å². The van der Waals surface area contributed by atoms with E-state index < -0.39 is 0 Å². The zero-order valence-electron chi connectivity index (χ0n) is 10.8. The number of nitrogens with zero attached hydrogens (tertiary/aromatic N) is 2. The molecule has 3 N–H and O–H groups in total. The fraction of sp³-hybridized carbons (Fsp3) is 0.143. The van der Waals surface area contributed by atoms with E-state index in [1.807, 2.05) is 37.3 Å². The van der Waals surface area contributed by atoms with Crippen LogP contribution in [0.1, 0.15) is 5.69 Å².